The first-order valence-corrected chi connectivity index (χ1v) is 7.38. The van der Waals surface area contributed by atoms with Crippen molar-refractivity contribution in [2.45, 2.75) is 39.5 Å². The van der Waals surface area contributed by atoms with E-state index < -0.39 is 5.97 Å². The maximum absolute atomic E-state index is 10.9. The van der Waals surface area contributed by atoms with Gasteiger partial charge in [-0.25, -0.2) is 4.68 Å². The predicted octanol–water partition coefficient (Wildman–Crippen LogP) is 3.33. The van der Waals surface area contributed by atoms with Crippen LogP contribution >= 0.6 is 0 Å². The Morgan fingerprint density at radius 3 is 2.45 bits per heavy atom. The number of rotatable bonds is 6. The molecule has 1 N–H and O–H groups in total. The van der Waals surface area contributed by atoms with Crippen molar-refractivity contribution in [3.8, 4) is 11.6 Å². The van der Waals surface area contributed by atoms with Gasteiger partial charge in [0.15, 0.2) is 0 Å². The quantitative estimate of drug-likeness (QED) is 0.889. The summed E-state index contributed by atoms with van der Waals surface area (Å²) >= 11 is 0. The van der Waals surface area contributed by atoms with Gasteiger partial charge in [-0.05, 0) is 31.4 Å². The van der Waals surface area contributed by atoms with Crippen LogP contribution < -0.4 is 4.74 Å². The van der Waals surface area contributed by atoms with E-state index in [2.05, 4.69) is 5.10 Å². The normalized spacial score (nSPS) is 11.0. The number of carbonyl (C=O) groups is 1. The van der Waals surface area contributed by atoms with Crippen molar-refractivity contribution in [3.05, 3.63) is 41.1 Å². The molecule has 1 heterocycles. The molecule has 0 aliphatic heterocycles. The summed E-state index contributed by atoms with van der Waals surface area (Å²) in [6, 6.07) is 8.00. The Kier molecular flexibility index (Phi) is 4.85. The maximum atomic E-state index is 10.9. The van der Waals surface area contributed by atoms with Crippen LogP contribution in [0.5, 0.6) is 5.88 Å². The van der Waals surface area contributed by atoms with Crippen molar-refractivity contribution in [2.24, 2.45) is 0 Å². The van der Waals surface area contributed by atoms with Gasteiger partial charge in [-0.2, -0.15) is 5.10 Å². The second-order valence-electron chi connectivity index (χ2n) is 5.67. The number of hydrogen-bond acceptors (Lipinski definition) is 3. The van der Waals surface area contributed by atoms with Crippen molar-refractivity contribution in [2.75, 3.05) is 7.11 Å². The lowest BCUT2D eigenvalue weighted by molar-refractivity contribution is -0.136. The Hall–Kier alpha value is -2.30. The fraction of sp³-hybridized carbons (Fsp3) is 0.412. The zero-order valence-corrected chi connectivity index (χ0v) is 13.5. The first-order chi connectivity index (χ1) is 10.4. The highest BCUT2D eigenvalue weighted by Crippen LogP contribution is 2.31. The summed E-state index contributed by atoms with van der Waals surface area (Å²) in [4.78, 5) is 10.9. The SMILES string of the molecule is COc1c(CCC(=O)O)c(C(C)C)nn1-c1ccc(C)cc1. The molecular weight excluding hydrogens is 280 g/mol. The van der Waals surface area contributed by atoms with Crippen LogP contribution in [0.25, 0.3) is 5.69 Å². The lowest BCUT2D eigenvalue weighted by Gasteiger charge is -2.08. The number of methoxy groups -OCH3 is 1. The molecule has 5 heteroatoms. The number of carboxylic acids is 1. The van der Waals surface area contributed by atoms with Gasteiger partial charge in [-0.1, -0.05) is 31.5 Å². The molecule has 0 saturated carbocycles. The van der Waals surface area contributed by atoms with Gasteiger partial charge in [0.1, 0.15) is 0 Å². The van der Waals surface area contributed by atoms with Crippen molar-refractivity contribution in [3.63, 3.8) is 0 Å². The minimum Gasteiger partial charge on any atom is -0.481 e. The van der Waals surface area contributed by atoms with E-state index in [1.165, 1.54) is 5.56 Å². The van der Waals surface area contributed by atoms with E-state index in [0.29, 0.717) is 12.3 Å². The van der Waals surface area contributed by atoms with Crippen LogP contribution in [0.4, 0.5) is 0 Å². The van der Waals surface area contributed by atoms with Crippen LogP contribution in [0.2, 0.25) is 0 Å². The molecule has 0 radical (unpaired) electrons. The molecule has 1 aromatic carbocycles. The third kappa shape index (κ3) is 3.30. The molecule has 0 unspecified atom stereocenters. The summed E-state index contributed by atoms with van der Waals surface area (Å²) in [6.45, 7) is 6.12. The highest BCUT2D eigenvalue weighted by atomic mass is 16.5. The molecule has 0 aliphatic carbocycles. The molecule has 0 bridgehead atoms. The van der Waals surface area contributed by atoms with E-state index in [0.717, 1.165) is 16.9 Å². The van der Waals surface area contributed by atoms with Gasteiger partial charge in [0.2, 0.25) is 5.88 Å². The van der Waals surface area contributed by atoms with Gasteiger partial charge in [0.25, 0.3) is 0 Å². The van der Waals surface area contributed by atoms with E-state index in [1.54, 1.807) is 11.8 Å². The van der Waals surface area contributed by atoms with Crippen molar-refractivity contribution < 1.29 is 14.6 Å². The molecule has 0 spiro atoms. The minimum absolute atomic E-state index is 0.0651. The third-order valence-corrected chi connectivity index (χ3v) is 3.58. The second-order valence-corrected chi connectivity index (χ2v) is 5.67. The number of carboxylic acid groups (broad SMARTS) is 1. The molecule has 0 aliphatic rings. The summed E-state index contributed by atoms with van der Waals surface area (Å²) in [5.41, 5.74) is 3.84. The summed E-state index contributed by atoms with van der Waals surface area (Å²) in [7, 11) is 1.59. The zero-order valence-electron chi connectivity index (χ0n) is 13.5. The predicted molar refractivity (Wildman–Crippen MR) is 84.9 cm³/mol. The first-order valence-electron chi connectivity index (χ1n) is 7.38. The van der Waals surface area contributed by atoms with Crippen LogP contribution in [0.15, 0.2) is 24.3 Å². The second kappa shape index (κ2) is 6.64. The van der Waals surface area contributed by atoms with E-state index in [1.807, 2.05) is 45.0 Å². The van der Waals surface area contributed by atoms with Gasteiger partial charge >= 0.3 is 5.97 Å². The minimum atomic E-state index is -0.820. The number of nitrogens with zero attached hydrogens (tertiary/aromatic N) is 2. The molecule has 22 heavy (non-hydrogen) atoms. The Balaban J connectivity index is 2.52. The number of aromatic nitrogens is 2. The molecule has 118 valence electrons. The topological polar surface area (TPSA) is 64.3 Å². The molecule has 2 rings (SSSR count). The number of aliphatic carboxylic acids is 1. The molecule has 2 aromatic rings. The lowest BCUT2D eigenvalue weighted by Crippen LogP contribution is -2.02. The Morgan fingerprint density at radius 1 is 1.32 bits per heavy atom. The van der Waals surface area contributed by atoms with Gasteiger partial charge in [-0.3, -0.25) is 4.79 Å². The van der Waals surface area contributed by atoms with E-state index >= 15 is 0 Å². The smallest absolute Gasteiger partial charge is 0.303 e. The Bertz CT molecular complexity index is 657. The summed E-state index contributed by atoms with van der Waals surface area (Å²) in [5, 5.41) is 13.6. The standard InChI is InChI=1S/C17H22N2O3/c1-11(2)16-14(9-10-15(20)21)17(22-4)19(18-16)13-7-5-12(3)6-8-13/h5-8,11H,9-10H2,1-4H3,(H,20,21). The number of benzene rings is 1. The number of ether oxygens (including phenoxy) is 1. The molecule has 0 amide bonds. The molecule has 0 atom stereocenters. The number of hydrogen-bond donors (Lipinski definition) is 1. The monoisotopic (exact) mass is 302 g/mol. The fourth-order valence-corrected chi connectivity index (χ4v) is 2.45. The molecule has 0 fully saturated rings. The van der Waals surface area contributed by atoms with Crippen LogP contribution in [0.3, 0.4) is 0 Å². The van der Waals surface area contributed by atoms with Crippen molar-refractivity contribution in [1.29, 1.82) is 0 Å². The summed E-state index contributed by atoms with van der Waals surface area (Å²) < 4.78 is 7.29. The van der Waals surface area contributed by atoms with E-state index in [-0.39, 0.29) is 12.3 Å². The average Bonchev–Trinajstić information content (AvgIpc) is 2.84. The fourth-order valence-electron chi connectivity index (χ4n) is 2.45. The molecule has 0 saturated heterocycles. The maximum Gasteiger partial charge on any atom is 0.303 e. The lowest BCUT2D eigenvalue weighted by atomic mass is 10.0. The first kappa shape index (κ1) is 16.1. The largest absolute Gasteiger partial charge is 0.481 e. The van der Waals surface area contributed by atoms with Crippen LogP contribution in [0.1, 0.15) is 43.0 Å². The highest BCUT2D eigenvalue weighted by Gasteiger charge is 2.22. The Morgan fingerprint density at radius 2 is 1.95 bits per heavy atom. The van der Waals surface area contributed by atoms with E-state index in [4.69, 9.17) is 9.84 Å². The Labute approximate surface area is 130 Å². The van der Waals surface area contributed by atoms with Crippen LogP contribution in [0, 0.1) is 6.92 Å². The molecule has 1 aromatic heterocycles. The highest BCUT2D eigenvalue weighted by molar-refractivity contribution is 5.67. The van der Waals surface area contributed by atoms with Gasteiger partial charge in [0.05, 0.1) is 18.5 Å². The van der Waals surface area contributed by atoms with Gasteiger partial charge < -0.3 is 9.84 Å². The van der Waals surface area contributed by atoms with Crippen LogP contribution in [-0.4, -0.2) is 28.0 Å². The van der Waals surface area contributed by atoms with Crippen LogP contribution in [-0.2, 0) is 11.2 Å². The average molecular weight is 302 g/mol. The van der Waals surface area contributed by atoms with Gasteiger partial charge in [-0.15, -0.1) is 0 Å². The van der Waals surface area contributed by atoms with Gasteiger partial charge in [0, 0.05) is 12.0 Å². The van der Waals surface area contributed by atoms with Crippen molar-refractivity contribution in [1.82, 2.24) is 9.78 Å². The molecule has 5 nitrogen and oxygen atoms in total. The molecular formula is C17H22N2O3. The van der Waals surface area contributed by atoms with Crippen molar-refractivity contribution >= 4 is 5.97 Å². The summed E-state index contributed by atoms with van der Waals surface area (Å²) in [6.07, 6.45) is 0.480. The number of aryl methyl sites for hydroxylation is 1. The van der Waals surface area contributed by atoms with E-state index in [9.17, 15) is 4.79 Å². The zero-order chi connectivity index (χ0) is 16.3. The third-order valence-electron chi connectivity index (χ3n) is 3.58. The summed E-state index contributed by atoms with van der Waals surface area (Å²) in [5.74, 6) is -0.00181.